The Balaban J connectivity index is 1.64. The third-order valence-corrected chi connectivity index (χ3v) is 5.44. The van der Waals surface area contributed by atoms with Crippen LogP contribution in [0.5, 0.6) is 11.5 Å². The molecule has 1 fully saturated rings. The van der Waals surface area contributed by atoms with Crippen molar-refractivity contribution in [3.63, 3.8) is 0 Å². The molecule has 0 aromatic heterocycles. The summed E-state index contributed by atoms with van der Waals surface area (Å²) in [7, 11) is 1.66. The fraction of sp³-hybridized carbons (Fsp3) is 0.320. The zero-order valence-electron chi connectivity index (χ0n) is 17.7. The Kier molecular flexibility index (Phi) is 7.98. The topological polar surface area (TPSA) is 78.7 Å². The standard InChI is InChI=1S/C25H27NO5/c1-30-22-15-11-20(12-16-22)24(19-7-3-2-4-8-19)9-5-6-10-25(27)31-23-17-13-21(14-18-23)26(28)29/h5-6,9,11-19H,2-4,7-8,10H2,1H3/b6-5+,24-9-. The van der Waals surface area contributed by atoms with E-state index in [-0.39, 0.29) is 12.1 Å². The number of carbonyl (C=O) groups is 1. The van der Waals surface area contributed by atoms with Gasteiger partial charge in [-0.15, -0.1) is 0 Å². The van der Waals surface area contributed by atoms with E-state index in [1.54, 1.807) is 13.2 Å². The monoisotopic (exact) mass is 421 g/mol. The Morgan fingerprint density at radius 3 is 2.29 bits per heavy atom. The second kappa shape index (κ2) is 11.1. The molecule has 0 amide bonds. The number of nitrogens with zero attached hydrogens (tertiary/aromatic N) is 1. The fourth-order valence-electron chi connectivity index (χ4n) is 3.81. The molecule has 3 rings (SSSR count). The highest BCUT2D eigenvalue weighted by Gasteiger charge is 2.18. The number of carbonyl (C=O) groups excluding carboxylic acids is 1. The first kappa shape index (κ1) is 22.3. The maximum Gasteiger partial charge on any atom is 0.315 e. The molecule has 0 N–H and O–H groups in total. The Morgan fingerprint density at radius 2 is 1.68 bits per heavy atom. The lowest BCUT2D eigenvalue weighted by molar-refractivity contribution is -0.384. The molecule has 2 aromatic carbocycles. The quantitative estimate of drug-likeness (QED) is 0.169. The smallest absolute Gasteiger partial charge is 0.315 e. The molecule has 0 atom stereocenters. The number of ether oxygens (including phenoxy) is 2. The van der Waals surface area contributed by atoms with Gasteiger partial charge < -0.3 is 9.47 Å². The first-order valence-electron chi connectivity index (χ1n) is 10.5. The molecule has 0 bridgehead atoms. The highest BCUT2D eigenvalue weighted by molar-refractivity contribution is 5.74. The van der Waals surface area contributed by atoms with Gasteiger partial charge in [-0.25, -0.2) is 0 Å². The lowest BCUT2D eigenvalue weighted by Gasteiger charge is -2.25. The van der Waals surface area contributed by atoms with Crippen LogP contribution in [0, 0.1) is 16.0 Å². The molecule has 1 aliphatic carbocycles. The molecule has 31 heavy (non-hydrogen) atoms. The molecule has 0 heterocycles. The summed E-state index contributed by atoms with van der Waals surface area (Å²) in [6.45, 7) is 0. The Bertz CT molecular complexity index is 939. The van der Waals surface area contributed by atoms with Gasteiger partial charge in [-0.2, -0.15) is 0 Å². The molecule has 0 spiro atoms. The van der Waals surface area contributed by atoms with E-state index in [1.165, 1.54) is 67.5 Å². The Hall–Kier alpha value is -3.41. The van der Waals surface area contributed by atoms with Crippen LogP contribution in [-0.4, -0.2) is 18.0 Å². The number of allylic oxidation sites excluding steroid dienone is 3. The van der Waals surface area contributed by atoms with Crippen LogP contribution in [0.25, 0.3) is 5.57 Å². The van der Waals surface area contributed by atoms with Gasteiger partial charge >= 0.3 is 5.97 Å². The molecular formula is C25H27NO5. The normalized spacial score (nSPS) is 15.1. The SMILES string of the molecule is COc1ccc(/C(=C\C=C\CC(=O)Oc2ccc([N+](=O)[O-])cc2)C2CCCCC2)cc1. The summed E-state index contributed by atoms with van der Waals surface area (Å²) in [6.07, 6.45) is 12.0. The summed E-state index contributed by atoms with van der Waals surface area (Å²) in [5.41, 5.74) is 2.41. The average Bonchev–Trinajstić information content (AvgIpc) is 2.80. The van der Waals surface area contributed by atoms with Crippen molar-refractivity contribution in [2.24, 2.45) is 5.92 Å². The zero-order valence-corrected chi connectivity index (χ0v) is 17.7. The van der Waals surface area contributed by atoms with E-state index in [1.807, 2.05) is 18.2 Å². The van der Waals surface area contributed by atoms with Crippen LogP contribution in [0.3, 0.4) is 0 Å². The summed E-state index contributed by atoms with van der Waals surface area (Å²) < 4.78 is 10.5. The van der Waals surface area contributed by atoms with Crippen molar-refractivity contribution in [2.45, 2.75) is 38.5 Å². The number of hydrogen-bond acceptors (Lipinski definition) is 5. The first-order chi connectivity index (χ1) is 15.1. The third kappa shape index (κ3) is 6.54. The van der Waals surface area contributed by atoms with Crippen molar-refractivity contribution in [2.75, 3.05) is 7.11 Å². The molecule has 6 nitrogen and oxygen atoms in total. The van der Waals surface area contributed by atoms with Gasteiger partial charge in [0.25, 0.3) is 5.69 Å². The van der Waals surface area contributed by atoms with Crippen LogP contribution in [0.15, 0.2) is 66.8 Å². The van der Waals surface area contributed by atoms with Gasteiger partial charge in [0.1, 0.15) is 11.5 Å². The van der Waals surface area contributed by atoms with E-state index >= 15 is 0 Å². The van der Waals surface area contributed by atoms with Crippen LogP contribution < -0.4 is 9.47 Å². The highest BCUT2D eigenvalue weighted by Crippen LogP contribution is 2.36. The first-order valence-corrected chi connectivity index (χ1v) is 10.5. The maximum absolute atomic E-state index is 12.1. The van der Waals surface area contributed by atoms with Gasteiger partial charge in [0.05, 0.1) is 18.5 Å². The summed E-state index contributed by atoms with van der Waals surface area (Å²) in [5, 5.41) is 10.7. The number of esters is 1. The molecule has 162 valence electrons. The van der Waals surface area contributed by atoms with Crippen molar-refractivity contribution >= 4 is 17.2 Å². The van der Waals surface area contributed by atoms with Crippen LogP contribution in [-0.2, 0) is 4.79 Å². The summed E-state index contributed by atoms with van der Waals surface area (Å²) in [4.78, 5) is 22.3. The van der Waals surface area contributed by atoms with Gasteiger partial charge in [0, 0.05) is 12.1 Å². The van der Waals surface area contributed by atoms with Crippen molar-refractivity contribution in [3.8, 4) is 11.5 Å². The lowest BCUT2D eigenvalue weighted by atomic mass is 9.80. The lowest BCUT2D eigenvalue weighted by Crippen LogP contribution is -2.08. The van der Waals surface area contributed by atoms with Crippen molar-refractivity contribution in [1.82, 2.24) is 0 Å². The van der Waals surface area contributed by atoms with E-state index in [0.29, 0.717) is 11.7 Å². The minimum absolute atomic E-state index is 0.0430. The molecule has 0 unspecified atom stereocenters. The highest BCUT2D eigenvalue weighted by atomic mass is 16.6. The average molecular weight is 421 g/mol. The molecule has 0 aliphatic heterocycles. The van der Waals surface area contributed by atoms with Crippen LogP contribution in [0.2, 0.25) is 0 Å². The van der Waals surface area contributed by atoms with Gasteiger partial charge in [-0.3, -0.25) is 14.9 Å². The molecule has 0 saturated heterocycles. The van der Waals surface area contributed by atoms with Crippen molar-refractivity contribution < 1.29 is 19.2 Å². The summed E-state index contributed by atoms with van der Waals surface area (Å²) in [5.74, 6) is 1.22. The predicted octanol–water partition coefficient (Wildman–Crippen LogP) is 6.12. The van der Waals surface area contributed by atoms with Gasteiger partial charge in [-0.05, 0) is 54.2 Å². The number of benzene rings is 2. The number of nitro groups is 1. The van der Waals surface area contributed by atoms with Crippen molar-refractivity contribution in [3.05, 3.63) is 82.4 Å². The van der Waals surface area contributed by atoms with E-state index < -0.39 is 10.9 Å². The second-order valence-electron chi connectivity index (χ2n) is 7.54. The van der Waals surface area contributed by atoms with Gasteiger partial charge in [-0.1, -0.05) is 49.6 Å². The number of methoxy groups -OCH3 is 1. The maximum atomic E-state index is 12.1. The largest absolute Gasteiger partial charge is 0.497 e. The third-order valence-electron chi connectivity index (χ3n) is 5.44. The van der Waals surface area contributed by atoms with E-state index in [4.69, 9.17) is 9.47 Å². The van der Waals surface area contributed by atoms with E-state index in [0.717, 1.165) is 5.75 Å². The molecule has 1 saturated carbocycles. The number of non-ortho nitro benzene ring substituents is 1. The molecular weight excluding hydrogens is 394 g/mol. The zero-order chi connectivity index (χ0) is 22.1. The van der Waals surface area contributed by atoms with Gasteiger partial charge in [0.2, 0.25) is 0 Å². The van der Waals surface area contributed by atoms with Gasteiger partial charge in [0.15, 0.2) is 0 Å². The minimum atomic E-state index is -0.493. The summed E-state index contributed by atoms with van der Waals surface area (Å²) in [6, 6.07) is 13.6. The number of hydrogen-bond donors (Lipinski definition) is 0. The van der Waals surface area contributed by atoms with Crippen LogP contribution in [0.1, 0.15) is 44.1 Å². The van der Waals surface area contributed by atoms with E-state index in [2.05, 4.69) is 18.2 Å². The predicted molar refractivity (Wildman–Crippen MR) is 120 cm³/mol. The minimum Gasteiger partial charge on any atom is -0.497 e. The van der Waals surface area contributed by atoms with Crippen LogP contribution >= 0.6 is 0 Å². The number of nitro benzene ring substituents is 1. The van der Waals surface area contributed by atoms with E-state index in [9.17, 15) is 14.9 Å². The fourth-order valence-corrected chi connectivity index (χ4v) is 3.81. The van der Waals surface area contributed by atoms with Crippen LogP contribution in [0.4, 0.5) is 5.69 Å². The van der Waals surface area contributed by atoms with Crippen molar-refractivity contribution in [1.29, 1.82) is 0 Å². The number of rotatable bonds is 8. The molecule has 1 aliphatic rings. The summed E-state index contributed by atoms with van der Waals surface area (Å²) >= 11 is 0. The molecule has 6 heteroatoms. The Morgan fingerprint density at radius 1 is 1.03 bits per heavy atom. The molecule has 2 aromatic rings. The second-order valence-corrected chi connectivity index (χ2v) is 7.54. The molecule has 0 radical (unpaired) electrons. The Labute approximate surface area is 182 Å².